The van der Waals surface area contributed by atoms with Gasteiger partial charge in [0.15, 0.2) is 11.7 Å². The molecule has 1 aliphatic heterocycles. The minimum Gasteiger partial charge on any atom is -0.479 e. The average Bonchev–Trinajstić information content (AvgIpc) is 2.02. The maximum absolute atomic E-state index is 12.4. The molecule has 0 aromatic heterocycles. The molecule has 1 heterocycles. The maximum Gasteiger partial charge on any atom is 0.417 e. The molecule has 14 heavy (non-hydrogen) atoms. The van der Waals surface area contributed by atoms with Crippen LogP contribution in [0.5, 0.6) is 0 Å². The number of rotatable bonds is 1. The van der Waals surface area contributed by atoms with Gasteiger partial charge in [0.1, 0.15) is 0 Å². The highest BCUT2D eigenvalue weighted by Gasteiger charge is 2.55. The summed E-state index contributed by atoms with van der Waals surface area (Å²) in [6.45, 7) is 0.891. The topological polar surface area (TPSA) is 46.5 Å². The smallest absolute Gasteiger partial charge is 0.417 e. The van der Waals surface area contributed by atoms with Crippen molar-refractivity contribution in [3.63, 3.8) is 0 Å². The van der Waals surface area contributed by atoms with E-state index in [4.69, 9.17) is 5.11 Å². The van der Waals surface area contributed by atoms with E-state index in [1.807, 2.05) is 0 Å². The molecule has 1 N–H and O–H groups in total. The van der Waals surface area contributed by atoms with Gasteiger partial charge in [0.25, 0.3) is 0 Å². The van der Waals surface area contributed by atoms with Crippen LogP contribution in [0.15, 0.2) is 0 Å². The first-order valence-electron chi connectivity index (χ1n) is 4.23. The van der Waals surface area contributed by atoms with Gasteiger partial charge in [-0.05, 0) is 26.2 Å². The molecule has 0 amide bonds. The molecule has 0 aromatic rings. The number of ether oxygens (including phenoxy) is 1. The highest BCUT2D eigenvalue weighted by molar-refractivity contribution is 5.72. The van der Waals surface area contributed by atoms with Crippen LogP contribution < -0.4 is 0 Å². The Hall–Kier alpha value is -0.780. The highest BCUT2D eigenvalue weighted by Crippen LogP contribution is 2.41. The van der Waals surface area contributed by atoms with Crippen molar-refractivity contribution < 1.29 is 27.8 Å². The third-order valence-corrected chi connectivity index (χ3v) is 2.40. The van der Waals surface area contributed by atoms with E-state index in [0.717, 1.165) is 6.92 Å². The van der Waals surface area contributed by atoms with E-state index < -0.39 is 23.9 Å². The second-order valence-corrected chi connectivity index (χ2v) is 3.57. The van der Waals surface area contributed by atoms with Crippen LogP contribution in [0, 0.1) is 0 Å². The summed E-state index contributed by atoms with van der Waals surface area (Å²) >= 11 is 0. The van der Waals surface area contributed by atoms with Crippen LogP contribution in [0.2, 0.25) is 0 Å². The zero-order chi connectivity index (χ0) is 11.0. The number of carbonyl (C=O) groups is 1. The van der Waals surface area contributed by atoms with Gasteiger partial charge >= 0.3 is 12.1 Å². The fraction of sp³-hybridized carbons (Fsp3) is 0.875. The van der Waals surface area contributed by atoms with Crippen LogP contribution in [-0.4, -0.2) is 29.0 Å². The molecule has 0 radical (unpaired) electrons. The molecule has 1 fully saturated rings. The number of carboxylic acids is 1. The van der Waals surface area contributed by atoms with Crippen molar-refractivity contribution in [3.8, 4) is 0 Å². The van der Waals surface area contributed by atoms with E-state index in [2.05, 4.69) is 4.74 Å². The van der Waals surface area contributed by atoms with Gasteiger partial charge in [-0.2, -0.15) is 13.2 Å². The highest BCUT2D eigenvalue weighted by atomic mass is 19.4. The fourth-order valence-corrected chi connectivity index (χ4v) is 1.44. The number of hydrogen-bond donors (Lipinski definition) is 1. The molecule has 2 unspecified atom stereocenters. The van der Waals surface area contributed by atoms with Crippen LogP contribution in [0.4, 0.5) is 13.2 Å². The SMILES string of the molecule is CC1(C(F)(F)F)CCCC(C(=O)O)O1. The molecule has 3 nitrogen and oxygen atoms in total. The van der Waals surface area contributed by atoms with Gasteiger partial charge < -0.3 is 9.84 Å². The number of alkyl halides is 3. The summed E-state index contributed by atoms with van der Waals surface area (Å²) in [7, 11) is 0. The molecular weight excluding hydrogens is 201 g/mol. The lowest BCUT2D eigenvalue weighted by atomic mass is 9.92. The second kappa shape index (κ2) is 3.42. The standard InChI is InChI=1S/C8H11F3O3/c1-7(8(9,10)11)4-2-3-5(14-7)6(12)13/h5H,2-4H2,1H3,(H,12,13). The Balaban J connectivity index is 2.77. The van der Waals surface area contributed by atoms with Crippen LogP contribution in [0.3, 0.4) is 0 Å². The van der Waals surface area contributed by atoms with Gasteiger partial charge in [-0.3, -0.25) is 0 Å². The van der Waals surface area contributed by atoms with Gasteiger partial charge in [-0.15, -0.1) is 0 Å². The van der Waals surface area contributed by atoms with Gasteiger partial charge in [0, 0.05) is 0 Å². The Morgan fingerprint density at radius 3 is 2.57 bits per heavy atom. The summed E-state index contributed by atoms with van der Waals surface area (Å²) in [5.41, 5.74) is -2.31. The van der Waals surface area contributed by atoms with Crippen molar-refractivity contribution in [1.82, 2.24) is 0 Å². The molecule has 6 heteroatoms. The van der Waals surface area contributed by atoms with Crippen LogP contribution >= 0.6 is 0 Å². The molecule has 0 bridgehead atoms. The molecule has 2 atom stereocenters. The Labute approximate surface area is 78.9 Å². The summed E-state index contributed by atoms with van der Waals surface area (Å²) in [6, 6.07) is 0. The Kier molecular flexibility index (Phi) is 2.76. The molecule has 0 spiro atoms. The normalized spacial score (nSPS) is 34.1. The van der Waals surface area contributed by atoms with Crippen LogP contribution in [0.1, 0.15) is 26.2 Å². The summed E-state index contributed by atoms with van der Waals surface area (Å²) < 4.78 is 41.9. The van der Waals surface area contributed by atoms with Crippen molar-refractivity contribution in [3.05, 3.63) is 0 Å². The fourth-order valence-electron chi connectivity index (χ4n) is 1.44. The van der Waals surface area contributed by atoms with Crippen molar-refractivity contribution >= 4 is 5.97 Å². The monoisotopic (exact) mass is 212 g/mol. The Morgan fingerprint density at radius 1 is 1.57 bits per heavy atom. The predicted octanol–water partition coefficient (Wildman–Crippen LogP) is 1.96. The zero-order valence-electron chi connectivity index (χ0n) is 7.60. The predicted molar refractivity (Wildman–Crippen MR) is 40.8 cm³/mol. The van der Waals surface area contributed by atoms with Crippen molar-refractivity contribution in [2.75, 3.05) is 0 Å². The van der Waals surface area contributed by atoms with E-state index in [0.29, 0.717) is 0 Å². The Morgan fingerprint density at radius 2 is 2.14 bits per heavy atom. The zero-order valence-corrected chi connectivity index (χ0v) is 7.60. The number of halogens is 3. The van der Waals surface area contributed by atoms with Crippen molar-refractivity contribution in [2.24, 2.45) is 0 Å². The summed E-state index contributed by atoms with van der Waals surface area (Å²) in [5, 5.41) is 8.54. The molecule has 1 aliphatic rings. The summed E-state index contributed by atoms with van der Waals surface area (Å²) in [4.78, 5) is 10.5. The first kappa shape index (κ1) is 11.3. The van der Waals surface area contributed by atoms with E-state index in [1.165, 1.54) is 0 Å². The van der Waals surface area contributed by atoms with Crippen molar-refractivity contribution in [1.29, 1.82) is 0 Å². The van der Waals surface area contributed by atoms with Gasteiger partial charge in [0.05, 0.1) is 0 Å². The van der Waals surface area contributed by atoms with E-state index in [1.54, 1.807) is 0 Å². The third-order valence-electron chi connectivity index (χ3n) is 2.40. The molecular formula is C8H11F3O3. The quantitative estimate of drug-likeness (QED) is 0.722. The molecule has 0 saturated carbocycles. The minimum absolute atomic E-state index is 0.140. The lowest BCUT2D eigenvalue weighted by molar-refractivity contribution is -0.295. The molecule has 1 saturated heterocycles. The van der Waals surface area contributed by atoms with E-state index >= 15 is 0 Å². The van der Waals surface area contributed by atoms with Gasteiger partial charge in [-0.1, -0.05) is 0 Å². The summed E-state index contributed by atoms with van der Waals surface area (Å²) in [5.74, 6) is -1.33. The molecule has 0 aromatic carbocycles. The third kappa shape index (κ3) is 2.00. The molecule has 82 valence electrons. The lowest BCUT2D eigenvalue weighted by Crippen LogP contribution is -2.51. The molecule has 1 rings (SSSR count). The number of aliphatic carboxylic acids is 1. The van der Waals surface area contributed by atoms with Gasteiger partial charge in [-0.25, -0.2) is 4.79 Å². The minimum atomic E-state index is -4.51. The average molecular weight is 212 g/mol. The van der Waals surface area contributed by atoms with Crippen LogP contribution in [0.25, 0.3) is 0 Å². The first-order chi connectivity index (χ1) is 6.26. The van der Waals surface area contributed by atoms with Gasteiger partial charge in [0.2, 0.25) is 0 Å². The van der Waals surface area contributed by atoms with E-state index in [-0.39, 0.29) is 19.3 Å². The van der Waals surface area contributed by atoms with E-state index in [9.17, 15) is 18.0 Å². The number of hydrogen-bond acceptors (Lipinski definition) is 2. The summed E-state index contributed by atoms with van der Waals surface area (Å²) in [6.07, 6.45) is -5.68. The lowest BCUT2D eigenvalue weighted by Gasteiger charge is -2.38. The molecule has 0 aliphatic carbocycles. The number of carboxylic acid groups (broad SMARTS) is 1. The van der Waals surface area contributed by atoms with Crippen molar-refractivity contribution in [2.45, 2.75) is 44.1 Å². The second-order valence-electron chi connectivity index (χ2n) is 3.57. The first-order valence-corrected chi connectivity index (χ1v) is 4.23. The Bertz CT molecular complexity index is 238. The largest absolute Gasteiger partial charge is 0.479 e. The van der Waals surface area contributed by atoms with Crippen LogP contribution in [-0.2, 0) is 9.53 Å². The maximum atomic E-state index is 12.4.